The van der Waals surface area contributed by atoms with E-state index in [1.165, 1.54) is 0 Å². The summed E-state index contributed by atoms with van der Waals surface area (Å²) in [6, 6.07) is -0.321. The van der Waals surface area contributed by atoms with Crippen molar-refractivity contribution in [3.8, 4) is 0 Å². The van der Waals surface area contributed by atoms with E-state index in [1.807, 2.05) is 6.26 Å². The second kappa shape index (κ2) is 4.35. The number of piperazine rings is 1. The van der Waals surface area contributed by atoms with Crippen LogP contribution in [0.4, 0.5) is 0 Å². The van der Waals surface area contributed by atoms with Gasteiger partial charge in [-0.2, -0.15) is 11.8 Å². The van der Waals surface area contributed by atoms with E-state index in [0.717, 1.165) is 5.75 Å². The van der Waals surface area contributed by atoms with Gasteiger partial charge in [0.1, 0.15) is 6.04 Å². The van der Waals surface area contributed by atoms with Crippen molar-refractivity contribution in [1.29, 1.82) is 0 Å². The van der Waals surface area contributed by atoms with Crippen molar-refractivity contribution in [2.24, 2.45) is 0 Å². The fraction of sp³-hybridized carbons (Fsp3) is 0.714. The zero-order valence-electron chi connectivity index (χ0n) is 6.92. The second-order valence-corrected chi connectivity index (χ2v) is 3.60. The molecule has 12 heavy (non-hydrogen) atoms. The highest BCUT2D eigenvalue weighted by Crippen LogP contribution is 2.02. The molecular formula is C7H12N2O2S. The van der Waals surface area contributed by atoms with Crippen molar-refractivity contribution >= 4 is 23.6 Å². The predicted molar refractivity (Wildman–Crippen MR) is 47.9 cm³/mol. The molecule has 0 aromatic rings. The molecule has 2 amide bonds. The molecule has 0 spiro atoms. The van der Waals surface area contributed by atoms with Crippen LogP contribution < -0.4 is 10.6 Å². The molecule has 0 unspecified atom stereocenters. The summed E-state index contributed by atoms with van der Waals surface area (Å²) in [4.78, 5) is 22.0. The van der Waals surface area contributed by atoms with E-state index in [0.29, 0.717) is 6.42 Å². The van der Waals surface area contributed by atoms with E-state index in [9.17, 15) is 9.59 Å². The molecule has 4 nitrogen and oxygen atoms in total. The molecule has 1 atom stereocenters. The first kappa shape index (κ1) is 9.38. The molecule has 1 heterocycles. The lowest BCUT2D eigenvalue weighted by Crippen LogP contribution is -2.56. The minimum atomic E-state index is -0.321. The molecule has 1 saturated heterocycles. The van der Waals surface area contributed by atoms with Gasteiger partial charge in [-0.25, -0.2) is 0 Å². The van der Waals surface area contributed by atoms with E-state index in [-0.39, 0.29) is 24.4 Å². The topological polar surface area (TPSA) is 58.2 Å². The molecule has 0 aliphatic carbocycles. The summed E-state index contributed by atoms with van der Waals surface area (Å²) in [5.74, 6) is 0.725. The minimum absolute atomic E-state index is 0.0661. The highest BCUT2D eigenvalue weighted by molar-refractivity contribution is 7.98. The fourth-order valence-electron chi connectivity index (χ4n) is 1.04. The van der Waals surface area contributed by atoms with Crippen molar-refractivity contribution in [2.75, 3.05) is 18.6 Å². The van der Waals surface area contributed by atoms with Crippen LogP contribution in [0, 0.1) is 0 Å². The summed E-state index contributed by atoms with van der Waals surface area (Å²) >= 11 is 1.67. The number of amides is 2. The number of hydrogen-bond donors (Lipinski definition) is 2. The van der Waals surface area contributed by atoms with Crippen LogP contribution in [0.1, 0.15) is 6.42 Å². The van der Waals surface area contributed by atoms with Crippen molar-refractivity contribution in [3.63, 3.8) is 0 Å². The molecule has 2 N–H and O–H groups in total. The van der Waals surface area contributed by atoms with Crippen molar-refractivity contribution in [3.05, 3.63) is 0 Å². The van der Waals surface area contributed by atoms with E-state index in [2.05, 4.69) is 10.6 Å². The predicted octanol–water partition coefficient (Wildman–Crippen LogP) is -0.646. The first-order chi connectivity index (χ1) is 5.74. The number of rotatable bonds is 3. The van der Waals surface area contributed by atoms with Gasteiger partial charge in [0.05, 0.1) is 6.54 Å². The first-order valence-electron chi connectivity index (χ1n) is 3.80. The lowest BCUT2D eigenvalue weighted by molar-refractivity contribution is -0.133. The molecule has 1 fully saturated rings. The van der Waals surface area contributed by atoms with E-state index >= 15 is 0 Å². The highest BCUT2D eigenvalue weighted by Gasteiger charge is 2.24. The zero-order valence-corrected chi connectivity index (χ0v) is 7.74. The van der Waals surface area contributed by atoms with Crippen LogP contribution >= 0.6 is 11.8 Å². The van der Waals surface area contributed by atoms with Crippen molar-refractivity contribution < 1.29 is 9.59 Å². The van der Waals surface area contributed by atoms with Gasteiger partial charge in [0, 0.05) is 0 Å². The highest BCUT2D eigenvalue weighted by atomic mass is 32.2. The quantitative estimate of drug-likeness (QED) is 0.619. The largest absolute Gasteiger partial charge is 0.345 e. The first-order valence-corrected chi connectivity index (χ1v) is 5.19. The van der Waals surface area contributed by atoms with Crippen LogP contribution in [-0.4, -0.2) is 36.4 Å². The molecule has 0 radical (unpaired) electrons. The molecule has 0 aromatic carbocycles. The van der Waals surface area contributed by atoms with Crippen molar-refractivity contribution in [2.45, 2.75) is 12.5 Å². The van der Waals surface area contributed by atoms with Gasteiger partial charge in [0.25, 0.3) is 0 Å². The third-order valence-electron chi connectivity index (χ3n) is 1.69. The van der Waals surface area contributed by atoms with Gasteiger partial charge >= 0.3 is 0 Å². The Kier molecular flexibility index (Phi) is 3.40. The number of hydrogen-bond acceptors (Lipinski definition) is 3. The standard InChI is InChI=1S/C7H12N2O2S/c1-12-3-2-5-7(11)8-4-6(10)9-5/h5H,2-4H2,1H3,(H,8,11)(H,9,10)/t5-/m1/s1. The molecular weight excluding hydrogens is 176 g/mol. The Labute approximate surface area is 75.5 Å². The normalized spacial score (nSPS) is 23.2. The summed E-state index contributed by atoms with van der Waals surface area (Å²) in [5, 5.41) is 5.17. The van der Waals surface area contributed by atoms with Gasteiger partial charge < -0.3 is 10.6 Å². The van der Waals surface area contributed by atoms with Crippen molar-refractivity contribution in [1.82, 2.24) is 10.6 Å². The lowest BCUT2D eigenvalue weighted by atomic mass is 10.2. The Hall–Kier alpha value is -0.710. The van der Waals surface area contributed by atoms with Crippen LogP contribution in [0.3, 0.4) is 0 Å². The average Bonchev–Trinajstić information content (AvgIpc) is 2.07. The number of carbonyl (C=O) groups excluding carboxylic acids is 2. The minimum Gasteiger partial charge on any atom is -0.345 e. The summed E-state index contributed by atoms with van der Waals surface area (Å²) in [6.45, 7) is 0.120. The molecule has 1 aliphatic rings. The second-order valence-electron chi connectivity index (χ2n) is 2.62. The maximum atomic E-state index is 11.1. The SMILES string of the molecule is CSCC[C@H]1NC(=O)CNC1=O. The van der Waals surface area contributed by atoms with E-state index in [4.69, 9.17) is 0 Å². The summed E-state index contributed by atoms with van der Waals surface area (Å²) in [7, 11) is 0. The van der Waals surface area contributed by atoms with Gasteiger partial charge in [0.15, 0.2) is 0 Å². The van der Waals surface area contributed by atoms with Gasteiger partial charge in [-0.3, -0.25) is 9.59 Å². The lowest BCUT2D eigenvalue weighted by Gasteiger charge is -2.22. The summed E-state index contributed by atoms with van der Waals surface area (Å²) in [6.07, 6.45) is 2.68. The van der Waals surface area contributed by atoms with Crippen LogP contribution in [0.5, 0.6) is 0 Å². The van der Waals surface area contributed by atoms with Crippen LogP contribution in [0.15, 0.2) is 0 Å². The van der Waals surface area contributed by atoms with Gasteiger partial charge in [-0.05, 0) is 18.4 Å². The van der Waals surface area contributed by atoms with E-state index < -0.39 is 0 Å². The third-order valence-corrected chi connectivity index (χ3v) is 2.33. The molecule has 68 valence electrons. The van der Waals surface area contributed by atoms with Crippen LogP contribution in [-0.2, 0) is 9.59 Å². The fourth-order valence-corrected chi connectivity index (χ4v) is 1.51. The Morgan fingerprint density at radius 2 is 2.33 bits per heavy atom. The number of nitrogens with one attached hydrogen (secondary N) is 2. The molecule has 5 heteroatoms. The zero-order chi connectivity index (χ0) is 8.97. The van der Waals surface area contributed by atoms with E-state index in [1.54, 1.807) is 11.8 Å². The van der Waals surface area contributed by atoms with Gasteiger partial charge in [0.2, 0.25) is 11.8 Å². The molecule has 1 rings (SSSR count). The number of thioether (sulfide) groups is 1. The Balaban J connectivity index is 2.38. The maximum absolute atomic E-state index is 11.1. The van der Waals surface area contributed by atoms with Crippen LogP contribution in [0.25, 0.3) is 0 Å². The summed E-state index contributed by atoms with van der Waals surface area (Å²) in [5.41, 5.74) is 0. The molecule has 1 aliphatic heterocycles. The third kappa shape index (κ3) is 2.41. The maximum Gasteiger partial charge on any atom is 0.243 e. The Morgan fingerprint density at radius 1 is 1.58 bits per heavy atom. The van der Waals surface area contributed by atoms with Gasteiger partial charge in [-0.1, -0.05) is 0 Å². The number of carbonyl (C=O) groups is 2. The summed E-state index contributed by atoms with van der Waals surface area (Å²) < 4.78 is 0. The monoisotopic (exact) mass is 188 g/mol. The smallest absolute Gasteiger partial charge is 0.243 e. The molecule has 0 aromatic heterocycles. The Morgan fingerprint density at radius 3 is 3.00 bits per heavy atom. The average molecular weight is 188 g/mol. The molecule has 0 bridgehead atoms. The van der Waals surface area contributed by atoms with Crippen LogP contribution in [0.2, 0.25) is 0 Å². The van der Waals surface area contributed by atoms with Gasteiger partial charge in [-0.15, -0.1) is 0 Å². The Bertz CT molecular complexity index is 196. The molecule has 0 saturated carbocycles.